The van der Waals surface area contributed by atoms with Crippen LogP contribution >= 0.6 is 15.9 Å². The summed E-state index contributed by atoms with van der Waals surface area (Å²) >= 11 is 3.59. The Morgan fingerprint density at radius 1 is 1.62 bits per heavy atom. The van der Waals surface area contributed by atoms with E-state index in [-0.39, 0.29) is 5.41 Å². The Morgan fingerprint density at radius 2 is 2.31 bits per heavy atom. The lowest BCUT2D eigenvalue weighted by molar-refractivity contribution is 0.196. The molecule has 2 aliphatic carbocycles. The molecule has 0 radical (unpaired) electrons. The molecule has 0 aromatic heterocycles. The number of hydrogen-bond donors (Lipinski definition) is 1. The number of nitrogens with zero attached hydrogens (tertiary/aromatic N) is 1. The molecule has 0 aromatic rings. The van der Waals surface area contributed by atoms with Crippen molar-refractivity contribution in [2.45, 2.75) is 33.1 Å². The minimum absolute atomic E-state index is 0.131. The van der Waals surface area contributed by atoms with Gasteiger partial charge in [0.05, 0.1) is 5.71 Å². The molecule has 2 atom stereocenters. The number of fused-ring (bicyclic) bond motifs is 2. The van der Waals surface area contributed by atoms with Crippen molar-refractivity contribution >= 4 is 21.6 Å². The maximum Gasteiger partial charge on any atom is 0.0649 e. The van der Waals surface area contributed by atoms with Gasteiger partial charge in [0.1, 0.15) is 0 Å². The molecule has 1 N–H and O–H groups in total. The van der Waals surface area contributed by atoms with E-state index in [9.17, 15) is 0 Å². The minimum atomic E-state index is 0.131. The van der Waals surface area contributed by atoms with Crippen LogP contribution in [0.15, 0.2) is 5.16 Å². The normalized spacial score (nSPS) is 44.5. The smallest absolute Gasteiger partial charge is 0.0649 e. The number of rotatable bonds is 1. The molecule has 0 saturated heterocycles. The van der Waals surface area contributed by atoms with Crippen molar-refractivity contribution in [2.75, 3.05) is 5.33 Å². The quantitative estimate of drug-likeness (QED) is 0.430. The van der Waals surface area contributed by atoms with Gasteiger partial charge in [0.25, 0.3) is 0 Å². The Hall–Kier alpha value is -0.0500. The van der Waals surface area contributed by atoms with Gasteiger partial charge in [-0.25, -0.2) is 0 Å². The first kappa shape index (κ1) is 9.50. The third kappa shape index (κ3) is 0.915. The van der Waals surface area contributed by atoms with E-state index >= 15 is 0 Å². The molecule has 2 fully saturated rings. The summed E-state index contributed by atoms with van der Waals surface area (Å²) in [6, 6.07) is 0. The standard InChI is InChI=1S/C10H16BrNO/c1-9(2)7-3-4-10(9,6-11)8(5-7)12-13/h7,13H,3-6H2,1-2H3/b12-8-/t7-,10+/m1/s1. The Labute approximate surface area is 87.5 Å². The summed E-state index contributed by atoms with van der Waals surface area (Å²) in [5, 5.41) is 13.4. The Bertz CT molecular complexity index is 262. The first-order valence-corrected chi connectivity index (χ1v) is 5.98. The topological polar surface area (TPSA) is 32.6 Å². The third-order valence-corrected chi connectivity index (χ3v) is 5.47. The van der Waals surface area contributed by atoms with Crippen LogP contribution < -0.4 is 0 Å². The van der Waals surface area contributed by atoms with Crippen LogP contribution in [-0.2, 0) is 0 Å². The molecular weight excluding hydrogens is 230 g/mol. The molecule has 2 nitrogen and oxygen atoms in total. The van der Waals surface area contributed by atoms with Gasteiger partial charge >= 0.3 is 0 Å². The van der Waals surface area contributed by atoms with Crippen LogP contribution in [-0.4, -0.2) is 16.2 Å². The molecular formula is C10H16BrNO. The number of oxime groups is 1. The van der Waals surface area contributed by atoms with E-state index in [4.69, 9.17) is 5.21 Å². The fourth-order valence-electron chi connectivity index (χ4n) is 3.25. The summed E-state index contributed by atoms with van der Waals surface area (Å²) in [7, 11) is 0. The van der Waals surface area contributed by atoms with Gasteiger partial charge in [0, 0.05) is 10.7 Å². The molecule has 2 aliphatic rings. The van der Waals surface area contributed by atoms with E-state index in [1.807, 2.05) is 0 Å². The van der Waals surface area contributed by atoms with Crippen LogP contribution in [0.2, 0.25) is 0 Å². The third-order valence-electron chi connectivity index (χ3n) is 4.51. The molecule has 0 heterocycles. The van der Waals surface area contributed by atoms with Crippen LogP contribution in [0, 0.1) is 16.7 Å². The first-order chi connectivity index (χ1) is 6.08. The second-order valence-corrected chi connectivity index (χ2v) is 5.48. The lowest BCUT2D eigenvalue weighted by Crippen LogP contribution is -2.37. The summed E-state index contributed by atoms with van der Waals surface area (Å²) in [5.74, 6) is 0.718. The summed E-state index contributed by atoms with van der Waals surface area (Å²) in [5.41, 5.74) is 1.45. The predicted octanol–water partition coefficient (Wildman–Crippen LogP) is 3.04. The lowest BCUT2D eigenvalue weighted by Gasteiger charge is -2.36. The Morgan fingerprint density at radius 3 is 2.69 bits per heavy atom. The molecule has 13 heavy (non-hydrogen) atoms. The highest BCUT2D eigenvalue weighted by Crippen LogP contribution is 2.64. The zero-order valence-electron chi connectivity index (χ0n) is 8.18. The van der Waals surface area contributed by atoms with Crippen molar-refractivity contribution in [3.63, 3.8) is 0 Å². The fourth-order valence-corrected chi connectivity index (χ4v) is 4.58. The summed E-state index contributed by atoms with van der Waals surface area (Å²) < 4.78 is 0. The molecule has 0 unspecified atom stereocenters. The molecule has 0 amide bonds. The van der Waals surface area contributed by atoms with Gasteiger partial charge in [0.15, 0.2) is 0 Å². The number of alkyl halides is 1. The lowest BCUT2D eigenvalue weighted by atomic mass is 9.70. The Kier molecular flexibility index (Phi) is 1.99. The molecule has 74 valence electrons. The van der Waals surface area contributed by atoms with Gasteiger partial charge in [-0.1, -0.05) is 34.9 Å². The highest BCUT2D eigenvalue weighted by molar-refractivity contribution is 9.09. The van der Waals surface area contributed by atoms with Crippen LogP contribution in [0.5, 0.6) is 0 Å². The molecule has 2 saturated carbocycles. The summed E-state index contributed by atoms with van der Waals surface area (Å²) in [6.07, 6.45) is 3.46. The van der Waals surface area contributed by atoms with Gasteiger partial charge in [-0.3, -0.25) is 0 Å². The maximum absolute atomic E-state index is 8.98. The monoisotopic (exact) mass is 245 g/mol. The van der Waals surface area contributed by atoms with Crippen LogP contribution in [0.4, 0.5) is 0 Å². The second-order valence-electron chi connectivity index (χ2n) is 4.92. The van der Waals surface area contributed by atoms with E-state index in [0.717, 1.165) is 23.4 Å². The first-order valence-electron chi connectivity index (χ1n) is 4.86. The zero-order valence-corrected chi connectivity index (χ0v) is 9.76. The molecule has 0 spiro atoms. The van der Waals surface area contributed by atoms with Crippen molar-refractivity contribution < 1.29 is 5.21 Å². The van der Waals surface area contributed by atoms with Crippen molar-refractivity contribution in [1.29, 1.82) is 0 Å². The van der Waals surface area contributed by atoms with E-state index in [0.29, 0.717) is 5.41 Å². The fraction of sp³-hybridized carbons (Fsp3) is 0.900. The zero-order chi connectivity index (χ0) is 9.69. The van der Waals surface area contributed by atoms with Crippen LogP contribution in [0.25, 0.3) is 0 Å². The maximum atomic E-state index is 8.98. The highest BCUT2D eigenvalue weighted by atomic mass is 79.9. The average molecular weight is 246 g/mol. The minimum Gasteiger partial charge on any atom is -0.411 e. The average Bonchev–Trinajstić information content (AvgIpc) is 2.50. The SMILES string of the molecule is CC1(C)[C@@H]2CC[C@]1(CBr)/C(=N\O)C2. The van der Waals surface area contributed by atoms with Gasteiger partial charge < -0.3 is 5.21 Å². The van der Waals surface area contributed by atoms with Crippen molar-refractivity contribution in [3.05, 3.63) is 0 Å². The summed E-state index contributed by atoms with van der Waals surface area (Å²) in [4.78, 5) is 0. The van der Waals surface area contributed by atoms with E-state index in [1.165, 1.54) is 12.8 Å². The molecule has 3 heteroatoms. The highest BCUT2D eigenvalue weighted by Gasteiger charge is 2.62. The summed E-state index contributed by atoms with van der Waals surface area (Å²) in [6.45, 7) is 4.62. The molecule has 2 rings (SSSR count). The van der Waals surface area contributed by atoms with Gasteiger partial charge in [-0.2, -0.15) is 0 Å². The van der Waals surface area contributed by atoms with Crippen LogP contribution in [0.1, 0.15) is 33.1 Å². The molecule has 2 bridgehead atoms. The van der Waals surface area contributed by atoms with Crippen LogP contribution in [0.3, 0.4) is 0 Å². The van der Waals surface area contributed by atoms with Crippen molar-refractivity contribution in [3.8, 4) is 0 Å². The number of halogens is 1. The largest absolute Gasteiger partial charge is 0.411 e. The van der Waals surface area contributed by atoms with Crippen molar-refractivity contribution in [1.82, 2.24) is 0 Å². The van der Waals surface area contributed by atoms with Gasteiger partial charge in [-0.05, 0) is 30.6 Å². The van der Waals surface area contributed by atoms with Crippen molar-refractivity contribution in [2.24, 2.45) is 21.9 Å². The predicted molar refractivity (Wildman–Crippen MR) is 56.6 cm³/mol. The van der Waals surface area contributed by atoms with E-state index < -0.39 is 0 Å². The van der Waals surface area contributed by atoms with Gasteiger partial charge in [-0.15, -0.1) is 0 Å². The number of hydrogen-bond acceptors (Lipinski definition) is 2. The van der Waals surface area contributed by atoms with E-state index in [2.05, 4.69) is 34.9 Å². The van der Waals surface area contributed by atoms with Gasteiger partial charge in [0.2, 0.25) is 0 Å². The second kappa shape index (κ2) is 2.72. The molecule has 0 aliphatic heterocycles. The van der Waals surface area contributed by atoms with E-state index in [1.54, 1.807) is 0 Å². The molecule has 0 aromatic carbocycles. The Balaban J connectivity index is 2.47.